The van der Waals surface area contributed by atoms with Gasteiger partial charge in [0.1, 0.15) is 11.9 Å². The molecular formula is C19H27N3O. The molecular weight excluding hydrogens is 286 g/mol. The summed E-state index contributed by atoms with van der Waals surface area (Å²) in [5.41, 5.74) is 2.52. The van der Waals surface area contributed by atoms with E-state index in [1.54, 1.807) is 0 Å². The highest BCUT2D eigenvalue weighted by Crippen LogP contribution is 2.23. The van der Waals surface area contributed by atoms with Gasteiger partial charge in [-0.2, -0.15) is 0 Å². The van der Waals surface area contributed by atoms with Crippen LogP contribution in [0.15, 0.2) is 36.8 Å². The van der Waals surface area contributed by atoms with E-state index in [1.165, 1.54) is 11.3 Å². The molecule has 1 aliphatic heterocycles. The average Bonchev–Trinajstić information content (AvgIpc) is 3.00. The Bertz CT molecular complexity index is 627. The van der Waals surface area contributed by atoms with Crippen LogP contribution in [0.1, 0.15) is 44.0 Å². The van der Waals surface area contributed by atoms with Crippen molar-refractivity contribution in [2.75, 3.05) is 13.1 Å². The lowest BCUT2D eigenvalue weighted by molar-refractivity contribution is 0.0948. The second-order valence-corrected chi connectivity index (χ2v) is 6.74. The van der Waals surface area contributed by atoms with Crippen molar-refractivity contribution in [2.24, 2.45) is 0 Å². The Hall–Kier alpha value is -1.81. The fraction of sp³-hybridized carbons (Fsp3) is 0.526. The van der Waals surface area contributed by atoms with Crippen molar-refractivity contribution < 1.29 is 4.74 Å². The van der Waals surface area contributed by atoms with Crippen molar-refractivity contribution in [3.63, 3.8) is 0 Å². The standard InChI is InChI=1S/C19H27N3O/c1-15(2)22-14-20-12-17(22)13-21-10-8-18(9-11-21)23-19-7-5-4-6-16(19)3/h4-7,12,14-15,18H,8-11,13H2,1-3H3. The number of ether oxygens (including phenoxy) is 1. The largest absolute Gasteiger partial charge is 0.490 e. The van der Waals surface area contributed by atoms with Crippen LogP contribution < -0.4 is 4.74 Å². The number of aryl methyl sites for hydroxylation is 1. The molecule has 1 fully saturated rings. The normalized spacial score (nSPS) is 16.9. The third-order valence-electron chi connectivity index (χ3n) is 4.61. The third kappa shape index (κ3) is 3.94. The summed E-state index contributed by atoms with van der Waals surface area (Å²) < 4.78 is 8.45. The lowest BCUT2D eigenvalue weighted by Crippen LogP contribution is -2.38. The van der Waals surface area contributed by atoms with E-state index in [1.807, 2.05) is 18.6 Å². The van der Waals surface area contributed by atoms with Crippen LogP contribution in [-0.2, 0) is 6.54 Å². The first kappa shape index (κ1) is 16.1. The summed E-state index contributed by atoms with van der Waals surface area (Å²) in [4.78, 5) is 6.81. The molecule has 0 amide bonds. The van der Waals surface area contributed by atoms with E-state index in [2.05, 4.69) is 53.4 Å². The number of hydrogen-bond donors (Lipinski definition) is 0. The zero-order chi connectivity index (χ0) is 16.2. The molecule has 3 rings (SSSR count). The maximum absolute atomic E-state index is 6.19. The van der Waals surface area contributed by atoms with Crippen LogP contribution in [0.5, 0.6) is 5.75 Å². The Labute approximate surface area is 139 Å². The molecule has 2 aromatic rings. The highest BCUT2D eigenvalue weighted by molar-refractivity contribution is 5.31. The third-order valence-corrected chi connectivity index (χ3v) is 4.61. The quantitative estimate of drug-likeness (QED) is 0.841. The summed E-state index contributed by atoms with van der Waals surface area (Å²) >= 11 is 0. The topological polar surface area (TPSA) is 30.3 Å². The Balaban J connectivity index is 1.52. The van der Waals surface area contributed by atoms with Gasteiger partial charge in [-0.05, 0) is 45.2 Å². The molecule has 0 saturated carbocycles. The fourth-order valence-electron chi connectivity index (χ4n) is 3.20. The molecule has 1 saturated heterocycles. The number of likely N-dealkylation sites (tertiary alicyclic amines) is 1. The molecule has 0 aliphatic carbocycles. The number of aromatic nitrogens is 2. The Kier molecular flexibility index (Phi) is 5.01. The molecule has 124 valence electrons. The molecule has 0 spiro atoms. The molecule has 0 unspecified atom stereocenters. The molecule has 0 N–H and O–H groups in total. The minimum absolute atomic E-state index is 0.336. The second kappa shape index (κ2) is 7.18. The van der Waals surface area contributed by atoms with Crippen molar-refractivity contribution >= 4 is 0 Å². The fourth-order valence-corrected chi connectivity index (χ4v) is 3.20. The predicted molar refractivity (Wildman–Crippen MR) is 92.7 cm³/mol. The van der Waals surface area contributed by atoms with Gasteiger partial charge >= 0.3 is 0 Å². The van der Waals surface area contributed by atoms with Gasteiger partial charge in [0.2, 0.25) is 0 Å². The van der Waals surface area contributed by atoms with Gasteiger partial charge in [0.25, 0.3) is 0 Å². The minimum atomic E-state index is 0.336. The van der Waals surface area contributed by atoms with Gasteiger partial charge in [-0.15, -0.1) is 0 Å². The minimum Gasteiger partial charge on any atom is -0.490 e. The number of piperidine rings is 1. The summed E-state index contributed by atoms with van der Waals surface area (Å²) in [6, 6.07) is 8.75. The number of benzene rings is 1. The maximum atomic E-state index is 6.19. The van der Waals surface area contributed by atoms with E-state index in [4.69, 9.17) is 4.74 Å². The molecule has 1 aromatic carbocycles. The Morgan fingerprint density at radius 2 is 1.96 bits per heavy atom. The van der Waals surface area contributed by atoms with Gasteiger partial charge in [-0.3, -0.25) is 4.90 Å². The SMILES string of the molecule is Cc1ccccc1OC1CCN(Cc2cncn2C(C)C)CC1. The van der Waals surface area contributed by atoms with E-state index in [0.717, 1.165) is 38.2 Å². The van der Waals surface area contributed by atoms with Crippen LogP contribution in [0, 0.1) is 6.92 Å². The number of rotatable bonds is 5. The van der Waals surface area contributed by atoms with E-state index < -0.39 is 0 Å². The Morgan fingerprint density at radius 1 is 1.22 bits per heavy atom. The first-order chi connectivity index (χ1) is 11.1. The second-order valence-electron chi connectivity index (χ2n) is 6.74. The van der Waals surface area contributed by atoms with Crippen molar-refractivity contribution in [3.8, 4) is 5.75 Å². The zero-order valence-corrected chi connectivity index (χ0v) is 14.4. The van der Waals surface area contributed by atoms with Crippen LogP contribution in [0.4, 0.5) is 0 Å². The van der Waals surface area contributed by atoms with Crippen molar-refractivity contribution in [1.29, 1.82) is 0 Å². The van der Waals surface area contributed by atoms with Gasteiger partial charge < -0.3 is 9.30 Å². The van der Waals surface area contributed by atoms with Crippen LogP contribution in [0.3, 0.4) is 0 Å². The molecule has 4 nitrogen and oxygen atoms in total. The molecule has 0 bridgehead atoms. The summed E-state index contributed by atoms with van der Waals surface area (Å²) in [5.74, 6) is 1.03. The summed E-state index contributed by atoms with van der Waals surface area (Å²) in [6.45, 7) is 9.66. The average molecular weight is 313 g/mol. The van der Waals surface area contributed by atoms with Gasteiger partial charge in [-0.1, -0.05) is 18.2 Å². The van der Waals surface area contributed by atoms with E-state index in [0.29, 0.717) is 12.1 Å². The summed E-state index contributed by atoms with van der Waals surface area (Å²) in [7, 11) is 0. The van der Waals surface area contributed by atoms with E-state index >= 15 is 0 Å². The molecule has 2 heterocycles. The van der Waals surface area contributed by atoms with E-state index in [-0.39, 0.29) is 0 Å². The first-order valence-electron chi connectivity index (χ1n) is 8.59. The van der Waals surface area contributed by atoms with Crippen LogP contribution in [0.25, 0.3) is 0 Å². The number of nitrogens with zero attached hydrogens (tertiary/aromatic N) is 3. The Morgan fingerprint density at radius 3 is 2.65 bits per heavy atom. The van der Waals surface area contributed by atoms with Gasteiger partial charge in [-0.25, -0.2) is 4.98 Å². The van der Waals surface area contributed by atoms with Gasteiger partial charge in [0.15, 0.2) is 0 Å². The number of para-hydroxylation sites is 1. The van der Waals surface area contributed by atoms with Gasteiger partial charge in [0.05, 0.1) is 12.0 Å². The lowest BCUT2D eigenvalue weighted by Gasteiger charge is -2.32. The van der Waals surface area contributed by atoms with Crippen molar-refractivity contribution in [3.05, 3.63) is 48.0 Å². The zero-order valence-electron chi connectivity index (χ0n) is 14.4. The van der Waals surface area contributed by atoms with Crippen LogP contribution >= 0.6 is 0 Å². The van der Waals surface area contributed by atoms with Crippen molar-refractivity contribution in [1.82, 2.24) is 14.5 Å². The molecule has 1 aliphatic rings. The summed E-state index contributed by atoms with van der Waals surface area (Å²) in [6.07, 6.45) is 6.44. The molecule has 4 heteroatoms. The lowest BCUT2D eigenvalue weighted by atomic mass is 10.1. The highest BCUT2D eigenvalue weighted by Gasteiger charge is 2.22. The highest BCUT2D eigenvalue weighted by atomic mass is 16.5. The number of imidazole rings is 1. The predicted octanol–water partition coefficient (Wildman–Crippen LogP) is 3.82. The first-order valence-corrected chi connectivity index (χ1v) is 8.59. The summed E-state index contributed by atoms with van der Waals surface area (Å²) in [5, 5.41) is 0. The monoisotopic (exact) mass is 313 g/mol. The number of hydrogen-bond acceptors (Lipinski definition) is 3. The smallest absolute Gasteiger partial charge is 0.122 e. The molecule has 0 atom stereocenters. The molecule has 0 radical (unpaired) electrons. The van der Waals surface area contributed by atoms with E-state index in [9.17, 15) is 0 Å². The van der Waals surface area contributed by atoms with Crippen LogP contribution in [0.2, 0.25) is 0 Å². The van der Waals surface area contributed by atoms with Crippen LogP contribution in [-0.4, -0.2) is 33.6 Å². The molecule has 23 heavy (non-hydrogen) atoms. The van der Waals surface area contributed by atoms with Gasteiger partial charge in [0, 0.05) is 31.9 Å². The molecule has 1 aromatic heterocycles. The maximum Gasteiger partial charge on any atom is 0.122 e. The van der Waals surface area contributed by atoms with Crippen molar-refractivity contribution in [2.45, 2.75) is 52.3 Å².